The Labute approximate surface area is 101 Å². The highest BCUT2D eigenvalue weighted by molar-refractivity contribution is 4.92. The summed E-state index contributed by atoms with van der Waals surface area (Å²) in [6.07, 6.45) is -1.99. The maximum absolute atomic E-state index is 11.9. The van der Waals surface area contributed by atoms with Gasteiger partial charge in [-0.25, -0.2) is 0 Å². The summed E-state index contributed by atoms with van der Waals surface area (Å²) in [6, 6.07) is -0.0814. The molecular weight excluding hydrogens is 231 g/mol. The lowest BCUT2D eigenvalue weighted by Gasteiger charge is -2.41. The van der Waals surface area contributed by atoms with Crippen molar-refractivity contribution in [1.29, 1.82) is 0 Å². The highest BCUT2D eigenvalue weighted by atomic mass is 19.4. The van der Waals surface area contributed by atoms with Crippen LogP contribution in [0.25, 0.3) is 0 Å². The van der Waals surface area contributed by atoms with Crippen molar-refractivity contribution in [2.45, 2.75) is 64.3 Å². The Morgan fingerprint density at radius 3 is 2.59 bits per heavy atom. The molecule has 5 heteroatoms. The van der Waals surface area contributed by atoms with Crippen LogP contribution in [0.5, 0.6) is 0 Å². The summed E-state index contributed by atoms with van der Waals surface area (Å²) in [6.45, 7) is 4.32. The van der Waals surface area contributed by atoms with E-state index in [0.717, 1.165) is 19.3 Å². The van der Waals surface area contributed by atoms with Gasteiger partial charge in [-0.1, -0.05) is 20.3 Å². The number of ether oxygens (including phenoxy) is 1. The van der Waals surface area contributed by atoms with Crippen LogP contribution in [0.1, 0.15) is 46.0 Å². The zero-order chi connectivity index (χ0) is 13.1. The summed E-state index contributed by atoms with van der Waals surface area (Å²) >= 11 is 0. The molecule has 1 fully saturated rings. The SMILES string of the molecule is CC1(C)CCCC(OCCCC(F)(F)F)C1N. The third-order valence-corrected chi connectivity index (χ3v) is 3.55. The van der Waals surface area contributed by atoms with Gasteiger partial charge >= 0.3 is 6.18 Å². The molecule has 1 rings (SSSR count). The summed E-state index contributed by atoms with van der Waals surface area (Å²) in [4.78, 5) is 0. The summed E-state index contributed by atoms with van der Waals surface area (Å²) in [5.41, 5.74) is 6.10. The first-order valence-corrected chi connectivity index (χ1v) is 6.16. The van der Waals surface area contributed by atoms with Crippen molar-refractivity contribution in [2.75, 3.05) is 6.61 Å². The van der Waals surface area contributed by atoms with Crippen molar-refractivity contribution < 1.29 is 17.9 Å². The number of nitrogens with two attached hydrogens (primary N) is 1. The topological polar surface area (TPSA) is 35.2 Å². The molecule has 1 aliphatic carbocycles. The van der Waals surface area contributed by atoms with Gasteiger partial charge in [-0.3, -0.25) is 0 Å². The first-order valence-electron chi connectivity index (χ1n) is 6.16. The maximum Gasteiger partial charge on any atom is 0.389 e. The van der Waals surface area contributed by atoms with E-state index in [1.54, 1.807) is 0 Å². The molecule has 0 radical (unpaired) electrons. The second-order valence-corrected chi connectivity index (χ2v) is 5.53. The molecular formula is C12H22F3NO. The third kappa shape index (κ3) is 4.84. The van der Waals surface area contributed by atoms with Gasteiger partial charge in [-0.2, -0.15) is 13.2 Å². The third-order valence-electron chi connectivity index (χ3n) is 3.55. The van der Waals surface area contributed by atoms with Gasteiger partial charge in [0.1, 0.15) is 0 Å². The molecule has 1 saturated carbocycles. The van der Waals surface area contributed by atoms with E-state index >= 15 is 0 Å². The molecule has 2 unspecified atom stereocenters. The number of hydrogen-bond donors (Lipinski definition) is 1. The molecule has 2 atom stereocenters. The molecule has 2 N–H and O–H groups in total. The van der Waals surface area contributed by atoms with Crippen molar-refractivity contribution in [3.05, 3.63) is 0 Å². The molecule has 0 aromatic heterocycles. The fourth-order valence-corrected chi connectivity index (χ4v) is 2.30. The predicted octanol–water partition coefficient (Wildman–Crippen LogP) is 3.25. The number of rotatable bonds is 4. The molecule has 17 heavy (non-hydrogen) atoms. The zero-order valence-electron chi connectivity index (χ0n) is 10.5. The molecule has 0 aliphatic heterocycles. The van der Waals surface area contributed by atoms with E-state index in [2.05, 4.69) is 13.8 Å². The Balaban J connectivity index is 2.27. The minimum absolute atomic E-state index is 0.0208. The fourth-order valence-electron chi connectivity index (χ4n) is 2.30. The average molecular weight is 253 g/mol. The van der Waals surface area contributed by atoms with Crippen molar-refractivity contribution in [2.24, 2.45) is 11.1 Å². The normalized spacial score (nSPS) is 29.3. The second kappa shape index (κ2) is 5.57. The van der Waals surface area contributed by atoms with Crippen LogP contribution < -0.4 is 5.73 Å². The second-order valence-electron chi connectivity index (χ2n) is 5.53. The summed E-state index contributed by atoms with van der Waals surface area (Å²) < 4.78 is 41.3. The van der Waals surface area contributed by atoms with E-state index in [4.69, 9.17) is 10.5 Å². The van der Waals surface area contributed by atoms with Gasteiger partial charge < -0.3 is 10.5 Å². The predicted molar refractivity (Wildman–Crippen MR) is 60.6 cm³/mol. The van der Waals surface area contributed by atoms with Crippen molar-refractivity contribution >= 4 is 0 Å². The molecule has 102 valence electrons. The summed E-state index contributed by atoms with van der Waals surface area (Å²) in [7, 11) is 0. The quantitative estimate of drug-likeness (QED) is 0.780. The highest BCUT2D eigenvalue weighted by Crippen LogP contribution is 2.35. The lowest BCUT2D eigenvalue weighted by molar-refractivity contribution is -0.140. The van der Waals surface area contributed by atoms with Gasteiger partial charge in [0.2, 0.25) is 0 Å². The van der Waals surface area contributed by atoms with Gasteiger partial charge in [0.25, 0.3) is 0 Å². The van der Waals surface area contributed by atoms with Gasteiger partial charge in [0, 0.05) is 19.1 Å². The van der Waals surface area contributed by atoms with Crippen LogP contribution in [-0.2, 0) is 4.74 Å². The fraction of sp³-hybridized carbons (Fsp3) is 1.00. The van der Waals surface area contributed by atoms with Crippen molar-refractivity contribution in [3.8, 4) is 0 Å². The Hall–Kier alpha value is -0.290. The van der Waals surface area contributed by atoms with Gasteiger partial charge in [0.15, 0.2) is 0 Å². The van der Waals surface area contributed by atoms with Gasteiger partial charge in [-0.05, 0) is 24.7 Å². The lowest BCUT2D eigenvalue weighted by Crippen LogP contribution is -2.50. The number of alkyl halides is 3. The number of hydrogen-bond acceptors (Lipinski definition) is 2. The van der Waals surface area contributed by atoms with Crippen LogP contribution in [0.2, 0.25) is 0 Å². The largest absolute Gasteiger partial charge is 0.389 e. The standard InChI is InChI=1S/C12H22F3NO/c1-11(2)6-3-5-9(10(11)16)17-8-4-7-12(13,14)15/h9-10H,3-8,16H2,1-2H3. The van der Waals surface area contributed by atoms with Crippen LogP contribution >= 0.6 is 0 Å². The van der Waals surface area contributed by atoms with Crippen molar-refractivity contribution in [3.63, 3.8) is 0 Å². The van der Waals surface area contributed by atoms with E-state index in [-0.39, 0.29) is 30.6 Å². The average Bonchev–Trinajstić information content (AvgIpc) is 2.17. The van der Waals surface area contributed by atoms with Crippen LogP contribution in [0.3, 0.4) is 0 Å². The molecule has 2 nitrogen and oxygen atoms in total. The van der Waals surface area contributed by atoms with E-state index in [9.17, 15) is 13.2 Å². The monoisotopic (exact) mass is 253 g/mol. The summed E-state index contributed by atoms with van der Waals surface area (Å²) in [5.74, 6) is 0. The van der Waals surface area contributed by atoms with Gasteiger partial charge in [-0.15, -0.1) is 0 Å². The van der Waals surface area contributed by atoms with Crippen LogP contribution in [0, 0.1) is 5.41 Å². The minimum atomic E-state index is -4.09. The number of halogens is 3. The lowest BCUT2D eigenvalue weighted by atomic mass is 9.72. The highest BCUT2D eigenvalue weighted by Gasteiger charge is 2.37. The molecule has 0 aromatic carbocycles. The Kier molecular flexibility index (Phi) is 4.84. The summed E-state index contributed by atoms with van der Waals surface area (Å²) in [5, 5.41) is 0. The molecule has 0 amide bonds. The van der Waals surface area contributed by atoms with E-state index < -0.39 is 12.6 Å². The molecule has 0 bridgehead atoms. The first-order chi connectivity index (χ1) is 7.72. The molecule has 0 aromatic rings. The molecule has 0 heterocycles. The zero-order valence-corrected chi connectivity index (χ0v) is 10.5. The van der Waals surface area contributed by atoms with Gasteiger partial charge in [0.05, 0.1) is 6.10 Å². The smallest absolute Gasteiger partial charge is 0.377 e. The van der Waals surface area contributed by atoms with Crippen LogP contribution in [0.4, 0.5) is 13.2 Å². The Bertz CT molecular complexity index is 240. The van der Waals surface area contributed by atoms with E-state index in [1.165, 1.54) is 0 Å². The van der Waals surface area contributed by atoms with Crippen molar-refractivity contribution in [1.82, 2.24) is 0 Å². The van der Waals surface area contributed by atoms with Crippen LogP contribution in [-0.4, -0.2) is 24.9 Å². The molecule has 0 spiro atoms. The molecule has 1 aliphatic rings. The van der Waals surface area contributed by atoms with Crippen LogP contribution in [0.15, 0.2) is 0 Å². The maximum atomic E-state index is 11.9. The minimum Gasteiger partial charge on any atom is -0.377 e. The molecule has 0 saturated heterocycles. The van der Waals surface area contributed by atoms with E-state index in [0.29, 0.717) is 0 Å². The Morgan fingerprint density at radius 1 is 1.35 bits per heavy atom. The first kappa shape index (κ1) is 14.8. The Morgan fingerprint density at radius 2 is 2.00 bits per heavy atom. The van der Waals surface area contributed by atoms with E-state index in [1.807, 2.05) is 0 Å².